The van der Waals surface area contributed by atoms with Crippen molar-refractivity contribution in [3.05, 3.63) is 46.7 Å². The van der Waals surface area contributed by atoms with Crippen molar-refractivity contribution in [1.82, 2.24) is 0 Å². The van der Waals surface area contributed by atoms with Gasteiger partial charge in [0.25, 0.3) is 0 Å². The van der Waals surface area contributed by atoms with E-state index in [0.29, 0.717) is 24.9 Å². The number of hydrogen-bond donors (Lipinski definition) is 2. The van der Waals surface area contributed by atoms with Gasteiger partial charge >= 0.3 is 0 Å². The molecule has 0 unspecified atom stereocenters. The molecule has 0 aliphatic heterocycles. The van der Waals surface area contributed by atoms with Crippen molar-refractivity contribution in [1.29, 1.82) is 0 Å². The molecular formula is C19H20N2O3S. The van der Waals surface area contributed by atoms with Crippen LogP contribution < -0.4 is 10.6 Å². The predicted octanol–water partition coefficient (Wildman–Crippen LogP) is 4.09. The highest BCUT2D eigenvalue weighted by Gasteiger charge is 2.29. The summed E-state index contributed by atoms with van der Waals surface area (Å²) in [6, 6.07) is 10.7. The molecule has 130 valence electrons. The van der Waals surface area contributed by atoms with Crippen molar-refractivity contribution < 1.29 is 14.4 Å². The van der Waals surface area contributed by atoms with Gasteiger partial charge in [-0.2, -0.15) is 0 Å². The molecule has 1 aliphatic carbocycles. The normalized spacial score (nSPS) is 13.3. The minimum absolute atomic E-state index is 0.0622. The van der Waals surface area contributed by atoms with Gasteiger partial charge in [-0.25, -0.2) is 0 Å². The fraction of sp³-hybridized carbons (Fsp3) is 0.316. The van der Waals surface area contributed by atoms with E-state index in [1.165, 1.54) is 11.3 Å². The molecule has 0 bridgehead atoms. The number of hydrogen-bond acceptors (Lipinski definition) is 4. The monoisotopic (exact) mass is 356 g/mol. The van der Waals surface area contributed by atoms with E-state index in [1.54, 1.807) is 30.3 Å². The molecule has 1 aromatic carbocycles. The van der Waals surface area contributed by atoms with Gasteiger partial charge in [-0.3, -0.25) is 14.4 Å². The van der Waals surface area contributed by atoms with Crippen molar-refractivity contribution in [3.8, 4) is 0 Å². The van der Waals surface area contributed by atoms with E-state index in [9.17, 15) is 14.4 Å². The summed E-state index contributed by atoms with van der Waals surface area (Å²) in [5, 5.41) is 7.53. The maximum absolute atomic E-state index is 12.0. The molecule has 1 heterocycles. The molecule has 5 nitrogen and oxygen atoms in total. The molecule has 2 aromatic rings. The molecule has 6 heteroatoms. The molecule has 1 aromatic heterocycles. The summed E-state index contributed by atoms with van der Waals surface area (Å²) >= 11 is 1.42. The standard InChI is InChI=1S/C19H20N2O3S/c22-16(17-4-2-12-25-17)3-1-5-18(23)20-14-8-10-15(11-9-14)21-19(24)13-6-7-13/h2,4,8-13H,1,3,5-7H2,(H,20,23)(H,21,24). The Balaban J connectivity index is 1.40. The summed E-state index contributed by atoms with van der Waals surface area (Å²) in [7, 11) is 0. The van der Waals surface area contributed by atoms with E-state index < -0.39 is 0 Å². The van der Waals surface area contributed by atoms with Gasteiger partial charge in [0.15, 0.2) is 5.78 Å². The molecule has 0 saturated heterocycles. The van der Waals surface area contributed by atoms with E-state index in [-0.39, 0.29) is 23.5 Å². The summed E-state index contributed by atoms with van der Waals surface area (Å²) in [5.41, 5.74) is 1.41. The SMILES string of the molecule is O=C(CCCC(=O)c1cccs1)Nc1ccc(NC(=O)C2CC2)cc1. The van der Waals surface area contributed by atoms with Gasteiger partial charge in [-0.15, -0.1) is 11.3 Å². The summed E-state index contributed by atoms with van der Waals surface area (Å²) in [4.78, 5) is 36.2. The van der Waals surface area contributed by atoms with Crippen molar-refractivity contribution in [2.75, 3.05) is 10.6 Å². The Morgan fingerprint density at radius 3 is 2.24 bits per heavy atom. The van der Waals surface area contributed by atoms with Gasteiger partial charge in [-0.1, -0.05) is 6.07 Å². The van der Waals surface area contributed by atoms with Crippen LogP contribution in [-0.2, 0) is 9.59 Å². The number of anilines is 2. The number of benzene rings is 1. The Labute approximate surface area is 150 Å². The maximum atomic E-state index is 12.0. The first-order valence-electron chi connectivity index (χ1n) is 8.39. The third kappa shape index (κ3) is 5.26. The average molecular weight is 356 g/mol. The van der Waals surface area contributed by atoms with Crippen molar-refractivity contribution in [2.45, 2.75) is 32.1 Å². The fourth-order valence-electron chi connectivity index (χ4n) is 2.42. The van der Waals surface area contributed by atoms with Crippen LogP contribution in [0.2, 0.25) is 0 Å². The smallest absolute Gasteiger partial charge is 0.227 e. The Bertz CT molecular complexity index is 749. The first kappa shape index (κ1) is 17.4. The molecule has 1 aliphatic rings. The van der Waals surface area contributed by atoms with Crippen LogP contribution in [0.3, 0.4) is 0 Å². The maximum Gasteiger partial charge on any atom is 0.227 e. The van der Waals surface area contributed by atoms with Crippen LogP contribution in [0.1, 0.15) is 41.8 Å². The summed E-state index contributed by atoms with van der Waals surface area (Å²) in [6.45, 7) is 0. The van der Waals surface area contributed by atoms with Gasteiger partial charge in [0.05, 0.1) is 4.88 Å². The first-order chi connectivity index (χ1) is 12.1. The Morgan fingerprint density at radius 1 is 0.960 bits per heavy atom. The number of carbonyl (C=O) groups excluding carboxylic acids is 3. The van der Waals surface area contributed by atoms with Crippen molar-refractivity contribution in [3.63, 3.8) is 0 Å². The number of nitrogens with one attached hydrogen (secondary N) is 2. The summed E-state index contributed by atoms with van der Waals surface area (Å²) in [6.07, 6.45) is 3.14. The molecule has 0 atom stereocenters. The van der Waals surface area contributed by atoms with Crippen LogP contribution in [0.25, 0.3) is 0 Å². The zero-order valence-electron chi connectivity index (χ0n) is 13.8. The molecule has 1 saturated carbocycles. The van der Waals surface area contributed by atoms with Crippen molar-refractivity contribution >= 4 is 40.3 Å². The number of carbonyl (C=O) groups is 3. The third-order valence-electron chi connectivity index (χ3n) is 3.99. The number of Topliss-reactive ketones (excluding diaryl/α,β-unsaturated/α-hetero) is 1. The summed E-state index contributed by atoms with van der Waals surface area (Å²) < 4.78 is 0. The highest BCUT2D eigenvalue weighted by atomic mass is 32.1. The minimum atomic E-state index is -0.117. The summed E-state index contributed by atoms with van der Waals surface area (Å²) in [5.74, 6) is 0.191. The molecule has 0 radical (unpaired) electrons. The molecule has 3 rings (SSSR count). The number of rotatable bonds is 8. The van der Waals surface area contributed by atoms with E-state index in [2.05, 4.69) is 10.6 Å². The second kappa shape index (κ2) is 8.07. The first-order valence-corrected chi connectivity index (χ1v) is 9.27. The Kier molecular flexibility index (Phi) is 5.60. The number of amides is 2. The molecule has 2 N–H and O–H groups in total. The molecular weight excluding hydrogens is 336 g/mol. The fourth-order valence-corrected chi connectivity index (χ4v) is 3.11. The van der Waals surface area contributed by atoms with Gasteiger partial charge in [0.2, 0.25) is 11.8 Å². The van der Waals surface area contributed by atoms with Gasteiger partial charge in [-0.05, 0) is 55.0 Å². The highest BCUT2D eigenvalue weighted by molar-refractivity contribution is 7.12. The Morgan fingerprint density at radius 2 is 1.64 bits per heavy atom. The van der Waals surface area contributed by atoms with Crippen LogP contribution in [0.4, 0.5) is 11.4 Å². The minimum Gasteiger partial charge on any atom is -0.326 e. The quantitative estimate of drug-likeness (QED) is 0.700. The second-order valence-corrected chi connectivity index (χ2v) is 7.09. The lowest BCUT2D eigenvalue weighted by molar-refractivity contribution is -0.117. The Hall–Kier alpha value is -2.47. The third-order valence-corrected chi connectivity index (χ3v) is 4.90. The second-order valence-electron chi connectivity index (χ2n) is 6.14. The highest BCUT2D eigenvalue weighted by Crippen LogP contribution is 2.30. The molecule has 25 heavy (non-hydrogen) atoms. The molecule has 2 amide bonds. The van der Waals surface area contributed by atoms with Gasteiger partial charge in [0.1, 0.15) is 0 Å². The molecule has 1 fully saturated rings. The molecule has 0 spiro atoms. The van der Waals surface area contributed by atoms with Crippen LogP contribution in [0.5, 0.6) is 0 Å². The zero-order chi connectivity index (χ0) is 17.6. The van der Waals surface area contributed by atoms with E-state index in [1.807, 2.05) is 11.4 Å². The van der Waals surface area contributed by atoms with Crippen molar-refractivity contribution in [2.24, 2.45) is 5.92 Å². The lowest BCUT2D eigenvalue weighted by Gasteiger charge is -2.07. The largest absolute Gasteiger partial charge is 0.326 e. The number of thiophene rings is 1. The van der Waals surface area contributed by atoms with E-state index in [4.69, 9.17) is 0 Å². The van der Waals surface area contributed by atoms with Gasteiger partial charge < -0.3 is 10.6 Å². The lowest BCUT2D eigenvalue weighted by atomic mass is 10.1. The van der Waals surface area contributed by atoms with Gasteiger partial charge in [0, 0.05) is 30.1 Å². The van der Waals surface area contributed by atoms with E-state index >= 15 is 0 Å². The van der Waals surface area contributed by atoms with Crippen LogP contribution in [0.15, 0.2) is 41.8 Å². The zero-order valence-corrected chi connectivity index (χ0v) is 14.6. The van der Waals surface area contributed by atoms with E-state index in [0.717, 1.165) is 23.4 Å². The van der Waals surface area contributed by atoms with Crippen LogP contribution in [0, 0.1) is 5.92 Å². The van der Waals surface area contributed by atoms with Crippen LogP contribution >= 0.6 is 11.3 Å². The lowest BCUT2D eigenvalue weighted by Crippen LogP contribution is -2.14. The number of ketones is 1. The topological polar surface area (TPSA) is 75.3 Å². The predicted molar refractivity (Wildman–Crippen MR) is 98.9 cm³/mol. The van der Waals surface area contributed by atoms with Crippen LogP contribution in [-0.4, -0.2) is 17.6 Å². The average Bonchev–Trinajstić information content (AvgIpc) is 3.31.